The van der Waals surface area contributed by atoms with E-state index in [1.807, 2.05) is 20.2 Å². The van der Waals surface area contributed by atoms with Crippen LogP contribution in [0.4, 0.5) is 5.69 Å². The molecule has 3 heteroatoms. The minimum absolute atomic E-state index is 0.497. The summed E-state index contributed by atoms with van der Waals surface area (Å²) in [5, 5.41) is 14.6. The number of rotatable bonds is 2. The Labute approximate surface area is 109 Å². The monoisotopic (exact) mass is 246 g/mol. The molecule has 18 heavy (non-hydrogen) atoms. The normalized spacial score (nSPS) is 34.6. The number of benzene rings is 1. The van der Waals surface area contributed by atoms with Crippen molar-refractivity contribution in [3.63, 3.8) is 0 Å². The Morgan fingerprint density at radius 2 is 1.89 bits per heavy atom. The molecule has 2 heterocycles. The molecule has 0 aliphatic carbocycles. The second-order valence-electron chi connectivity index (χ2n) is 6.02. The maximum absolute atomic E-state index is 11.0. The minimum Gasteiger partial charge on any atom is -0.385 e. The zero-order valence-corrected chi connectivity index (χ0v) is 11.2. The van der Waals surface area contributed by atoms with Crippen molar-refractivity contribution in [3.8, 4) is 0 Å². The van der Waals surface area contributed by atoms with Crippen LogP contribution in [-0.4, -0.2) is 31.3 Å². The van der Waals surface area contributed by atoms with Crippen LogP contribution in [0.2, 0.25) is 0 Å². The summed E-state index contributed by atoms with van der Waals surface area (Å²) in [6.45, 7) is 0. The van der Waals surface area contributed by atoms with Crippen LogP contribution in [0, 0.1) is 0 Å². The summed E-state index contributed by atoms with van der Waals surface area (Å²) in [6.07, 6.45) is 4.11. The number of hydrogen-bond acceptors (Lipinski definition) is 3. The van der Waals surface area contributed by atoms with Crippen LogP contribution in [0.3, 0.4) is 0 Å². The molecular weight excluding hydrogens is 224 g/mol. The summed E-state index contributed by atoms with van der Waals surface area (Å²) in [6, 6.07) is 9.32. The first-order valence-electron chi connectivity index (χ1n) is 6.83. The highest BCUT2D eigenvalue weighted by atomic mass is 16.3. The van der Waals surface area contributed by atoms with Gasteiger partial charge in [-0.1, -0.05) is 12.1 Å². The lowest BCUT2D eigenvalue weighted by atomic mass is 9.81. The zero-order valence-electron chi connectivity index (χ0n) is 11.2. The van der Waals surface area contributed by atoms with Gasteiger partial charge in [0.15, 0.2) is 0 Å². The van der Waals surface area contributed by atoms with Crippen molar-refractivity contribution in [1.29, 1.82) is 0 Å². The summed E-state index contributed by atoms with van der Waals surface area (Å²) in [4.78, 5) is 2.09. The fraction of sp³-hybridized carbons (Fsp3) is 0.600. The van der Waals surface area contributed by atoms with E-state index in [2.05, 4.69) is 28.4 Å². The van der Waals surface area contributed by atoms with E-state index < -0.39 is 5.60 Å². The topological polar surface area (TPSA) is 35.5 Å². The molecule has 2 atom stereocenters. The highest BCUT2D eigenvalue weighted by Crippen LogP contribution is 2.41. The molecule has 2 saturated heterocycles. The molecule has 0 spiro atoms. The average molecular weight is 246 g/mol. The van der Waals surface area contributed by atoms with Crippen LogP contribution in [0.25, 0.3) is 0 Å². The van der Waals surface area contributed by atoms with E-state index in [0.29, 0.717) is 12.1 Å². The molecule has 2 aliphatic rings. The van der Waals surface area contributed by atoms with E-state index in [-0.39, 0.29) is 0 Å². The molecule has 0 aromatic heterocycles. The Morgan fingerprint density at radius 1 is 1.22 bits per heavy atom. The van der Waals surface area contributed by atoms with Crippen molar-refractivity contribution < 1.29 is 5.11 Å². The summed E-state index contributed by atoms with van der Waals surface area (Å²) in [7, 11) is 4.07. The van der Waals surface area contributed by atoms with E-state index in [9.17, 15) is 5.11 Å². The maximum atomic E-state index is 11.0. The Bertz CT molecular complexity index is 432. The summed E-state index contributed by atoms with van der Waals surface area (Å²) in [5.41, 5.74) is 1.60. The van der Waals surface area contributed by atoms with Gasteiger partial charge in [0.05, 0.1) is 5.60 Å². The fourth-order valence-corrected chi connectivity index (χ4v) is 3.43. The van der Waals surface area contributed by atoms with E-state index in [1.165, 1.54) is 12.8 Å². The number of hydrogen-bond donors (Lipinski definition) is 2. The summed E-state index contributed by atoms with van der Waals surface area (Å²) < 4.78 is 0. The highest BCUT2D eigenvalue weighted by molar-refractivity contribution is 5.48. The van der Waals surface area contributed by atoms with E-state index in [1.54, 1.807) is 0 Å². The number of aliphatic hydroxyl groups is 1. The van der Waals surface area contributed by atoms with Crippen molar-refractivity contribution >= 4 is 5.69 Å². The smallest absolute Gasteiger partial charge is 0.0926 e. The summed E-state index contributed by atoms with van der Waals surface area (Å²) >= 11 is 0. The van der Waals surface area contributed by atoms with Crippen LogP contribution >= 0.6 is 0 Å². The Hall–Kier alpha value is -1.06. The van der Waals surface area contributed by atoms with Gasteiger partial charge < -0.3 is 15.3 Å². The number of fused-ring (bicyclic) bond motifs is 2. The average Bonchev–Trinajstić information content (AvgIpc) is 2.69. The predicted octanol–water partition coefficient (Wildman–Crippen LogP) is 1.85. The van der Waals surface area contributed by atoms with Crippen molar-refractivity contribution in [2.45, 2.75) is 43.4 Å². The molecule has 0 saturated carbocycles. The molecular formula is C15H22N2O. The zero-order chi connectivity index (χ0) is 12.8. The van der Waals surface area contributed by atoms with Gasteiger partial charge in [-0.15, -0.1) is 0 Å². The highest BCUT2D eigenvalue weighted by Gasteiger charge is 2.43. The standard InChI is InChI=1S/C15H22N2O/c1-17(2)14-5-3-4-11(8-14)15(18)9-12-6-7-13(10-15)16-12/h3-5,8,12-13,16,18H,6-7,9-10H2,1-2H3. The first-order chi connectivity index (χ1) is 8.57. The maximum Gasteiger partial charge on any atom is 0.0926 e. The second kappa shape index (κ2) is 4.25. The molecule has 2 N–H and O–H groups in total. The third kappa shape index (κ3) is 2.02. The van der Waals surface area contributed by atoms with Crippen LogP contribution in [0.1, 0.15) is 31.2 Å². The minimum atomic E-state index is -0.636. The van der Waals surface area contributed by atoms with E-state index >= 15 is 0 Å². The predicted molar refractivity (Wildman–Crippen MR) is 73.8 cm³/mol. The summed E-state index contributed by atoms with van der Waals surface area (Å²) in [5.74, 6) is 0. The number of nitrogens with zero attached hydrogens (tertiary/aromatic N) is 1. The van der Waals surface area contributed by atoms with Crippen molar-refractivity contribution in [1.82, 2.24) is 5.32 Å². The molecule has 0 radical (unpaired) electrons. The SMILES string of the molecule is CN(C)c1cccc(C2(O)CC3CCC(C2)N3)c1. The molecule has 1 aromatic carbocycles. The van der Waals surface area contributed by atoms with Gasteiger partial charge in [0, 0.05) is 31.9 Å². The first-order valence-corrected chi connectivity index (χ1v) is 6.83. The third-order valence-electron chi connectivity index (χ3n) is 4.40. The largest absolute Gasteiger partial charge is 0.385 e. The molecule has 3 rings (SSSR count). The van der Waals surface area contributed by atoms with Crippen molar-refractivity contribution in [2.24, 2.45) is 0 Å². The second-order valence-corrected chi connectivity index (χ2v) is 6.02. The molecule has 1 aromatic rings. The van der Waals surface area contributed by atoms with Crippen LogP contribution in [0.15, 0.2) is 24.3 Å². The van der Waals surface area contributed by atoms with Gasteiger partial charge in [-0.2, -0.15) is 0 Å². The Kier molecular flexibility index (Phi) is 2.83. The van der Waals surface area contributed by atoms with Crippen molar-refractivity contribution in [2.75, 3.05) is 19.0 Å². The van der Waals surface area contributed by atoms with Gasteiger partial charge in [-0.3, -0.25) is 0 Å². The Balaban J connectivity index is 1.91. The molecule has 2 fully saturated rings. The molecule has 2 aliphatic heterocycles. The van der Waals surface area contributed by atoms with E-state index in [4.69, 9.17) is 0 Å². The van der Waals surface area contributed by atoms with E-state index in [0.717, 1.165) is 24.1 Å². The lowest BCUT2D eigenvalue weighted by Crippen LogP contribution is -2.46. The van der Waals surface area contributed by atoms with Crippen LogP contribution < -0.4 is 10.2 Å². The van der Waals surface area contributed by atoms with Gasteiger partial charge in [0.1, 0.15) is 0 Å². The Morgan fingerprint density at radius 3 is 2.50 bits per heavy atom. The number of piperidine rings is 1. The van der Waals surface area contributed by atoms with Gasteiger partial charge in [0.25, 0.3) is 0 Å². The first kappa shape index (κ1) is 12.0. The van der Waals surface area contributed by atoms with Crippen LogP contribution in [0.5, 0.6) is 0 Å². The molecule has 3 nitrogen and oxygen atoms in total. The van der Waals surface area contributed by atoms with Gasteiger partial charge in [0.2, 0.25) is 0 Å². The third-order valence-corrected chi connectivity index (χ3v) is 4.40. The van der Waals surface area contributed by atoms with Gasteiger partial charge >= 0.3 is 0 Å². The van der Waals surface area contributed by atoms with Crippen molar-refractivity contribution in [3.05, 3.63) is 29.8 Å². The number of nitrogens with one attached hydrogen (secondary N) is 1. The molecule has 2 unspecified atom stereocenters. The molecule has 2 bridgehead atoms. The molecule has 98 valence electrons. The number of anilines is 1. The van der Waals surface area contributed by atoms with Gasteiger partial charge in [-0.25, -0.2) is 0 Å². The van der Waals surface area contributed by atoms with Crippen LogP contribution in [-0.2, 0) is 5.60 Å². The lowest BCUT2D eigenvalue weighted by molar-refractivity contribution is -0.0114. The quantitative estimate of drug-likeness (QED) is 0.836. The van der Waals surface area contributed by atoms with Gasteiger partial charge in [-0.05, 0) is 43.4 Å². The fourth-order valence-electron chi connectivity index (χ4n) is 3.43. The molecule has 0 amide bonds. The lowest BCUT2D eigenvalue weighted by Gasteiger charge is -2.38.